The van der Waals surface area contributed by atoms with Crippen molar-refractivity contribution in [3.63, 3.8) is 0 Å². The first-order valence-electron chi connectivity index (χ1n) is 10.1. The Balaban J connectivity index is 1.96. The van der Waals surface area contributed by atoms with E-state index < -0.39 is 12.1 Å². The van der Waals surface area contributed by atoms with Gasteiger partial charge in [0.25, 0.3) is 5.91 Å². The van der Waals surface area contributed by atoms with E-state index in [-0.39, 0.29) is 17.5 Å². The first-order chi connectivity index (χ1) is 13.4. The number of esters is 1. The number of carbonyl (C=O) groups excluding carboxylic acids is 2. The van der Waals surface area contributed by atoms with Crippen LogP contribution in [-0.2, 0) is 14.3 Å². The third-order valence-electron chi connectivity index (χ3n) is 5.11. The minimum Gasteiger partial charge on any atom is -0.448 e. The summed E-state index contributed by atoms with van der Waals surface area (Å²) in [5.41, 5.74) is 1.81. The van der Waals surface area contributed by atoms with Crippen molar-refractivity contribution in [1.82, 2.24) is 5.32 Å². The van der Waals surface area contributed by atoms with Crippen LogP contribution in [0.25, 0.3) is 6.08 Å². The first kappa shape index (κ1) is 21.7. The molecule has 0 radical (unpaired) electrons. The number of nitriles is 1. The van der Waals surface area contributed by atoms with Gasteiger partial charge in [0.05, 0.1) is 0 Å². The number of nitrogens with one attached hydrogen (secondary N) is 1. The van der Waals surface area contributed by atoms with Gasteiger partial charge in [-0.15, -0.1) is 0 Å². The maximum atomic E-state index is 12.3. The molecule has 1 aliphatic carbocycles. The van der Waals surface area contributed by atoms with Gasteiger partial charge in [-0.3, -0.25) is 4.79 Å². The minimum atomic E-state index is -0.934. The number of nitrogens with zero attached hydrogens (tertiary/aromatic N) is 1. The lowest BCUT2D eigenvalue weighted by Crippen LogP contribution is -2.42. The van der Waals surface area contributed by atoms with Gasteiger partial charge >= 0.3 is 5.97 Å². The summed E-state index contributed by atoms with van der Waals surface area (Å²) in [4.78, 5) is 24.7. The van der Waals surface area contributed by atoms with E-state index in [1.807, 2.05) is 30.3 Å². The van der Waals surface area contributed by atoms with E-state index in [0.717, 1.165) is 31.2 Å². The van der Waals surface area contributed by atoms with Crippen molar-refractivity contribution < 1.29 is 14.3 Å². The van der Waals surface area contributed by atoms with E-state index in [1.165, 1.54) is 31.4 Å². The van der Waals surface area contributed by atoms with Crippen LogP contribution in [0.1, 0.15) is 76.3 Å². The Morgan fingerprint density at radius 3 is 2.25 bits per heavy atom. The fourth-order valence-electron chi connectivity index (χ4n) is 3.30. The zero-order valence-electron chi connectivity index (χ0n) is 17.0. The van der Waals surface area contributed by atoms with Crippen molar-refractivity contribution in [1.29, 1.82) is 5.26 Å². The predicted molar refractivity (Wildman–Crippen MR) is 109 cm³/mol. The molecule has 0 saturated heterocycles. The van der Waals surface area contributed by atoms with Crippen LogP contribution in [0.4, 0.5) is 0 Å². The van der Waals surface area contributed by atoms with Gasteiger partial charge in [0.15, 0.2) is 6.10 Å². The summed E-state index contributed by atoms with van der Waals surface area (Å²) in [7, 11) is 0. The van der Waals surface area contributed by atoms with Crippen LogP contribution in [0.2, 0.25) is 0 Å². The fraction of sp³-hybridized carbons (Fsp3) is 0.522. The lowest BCUT2D eigenvalue weighted by Gasteiger charge is -2.19. The van der Waals surface area contributed by atoms with Gasteiger partial charge in [-0.05, 0) is 42.9 Å². The molecule has 0 aromatic heterocycles. The summed E-state index contributed by atoms with van der Waals surface area (Å²) < 4.78 is 5.23. The Kier molecular flexibility index (Phi) is 8.25. The molecule has 0 aliphatic heterocycles. The van der Waals surface area contributed by atoms with Gasteiger partial charge in [-0.2, -0.15) is 5.26 Å². The molecule has 150 valence electrons. The van der Waals surface area contributed by atoms with Crippen LogP contribution in [0, 0.1) is 11.3 Å². The second-order valence-electron chi connectivity index (χ2n) is 7.74. The summed E-state index contributed by atoms with van der Waals surface area (Å²) in [5.74, 6) is -0.677. The Morgan fingerprint density at radius 2 is 1.71 bits per heavy atom. The molecular weight excluding hydrogens is 352 g/mol. The van der Waals surface area contributed by atoms with Crippen LogP contribution in [0.15, 0.2) is 29.8 Å². The van der Waals surface area contributed by atoms with Gasteiger partial charge in [0.1, 0.15) is 11.6 Å². The highest BCUT2D eigenvalue weighted by molar-refractivity contribution is 5.99. The SMILES string of the molecule is CC(C)c1ccc(/C=C(\C#N)C(=O)O[C@H](C)C(=O)NC2CCCCCC2)cc1. The molecule has 2 rings (SSSR count). The molecule has 1 N–H and O–H groups in total. The number of amides is 1. The molecule has 1 aliphatic rings. The molecule has 1 atom stereocenters. The summed E-state index contributed by atoms with van der Waals surface area (Å²) in [6, 6.07) is 9.69. The quantitative estimate of drug-likeness (QED) is 0.340. The summed E-state index contributed by atoms with van der Waals surface area (Å²) in [6.07, 6.45) is 7.09. The third kappa shape index (κ3) is 6.53. The number of hydrogen-bond acceptors (Lipinski definition) is 4. The van der Waals surface area contributed by atoms with Crippen LogP contribution in [-0.4, -0.2) is 24.0 Å². The van der Waals surface area contributed by atoms with Crippen LogP contribution in [0.5, 0.6) is 0 Å². The monoisotopic (exact) mass is 382 g/mol. The highest BCUT2D eigenvalue weighted by Gasteiger charge is 2.23. The fourth-order valence-corrected chi connectivity index (χ4v) is 3.30. The molecule has 5 nitrogen and oxygen atoms in total. The normalized spacial score (nSPS) is 16.8. The van der Waals surface area contributed by atoms with Crippen LogP contribution in [0.3, 0.4) is 0 Å². The Morgan fingerprint density at radius 1 is 1.11 bits per heavy atom. The summed E-state index contributed by atoms with van der Waals surface area (Å²) >= 11 is 0. The van der Waals surface area contributed by atoms with Gasteiger partial charge < -0.3 is 10.1 Å². The Hall–Kier alpha value is -2.61. The number of carbonyl (C=O) groups is 2. The molecule has 0 unspecified atom stereocenters. The Bertz CT molecular complexity index is 736. The van der Waals surface area contributed by atoms with Crippen molar-refractivity contribution in [2.24, 2.45) is 0 Å². The highest BCUT2D eigenvalue weighted by Crippen LogP contribution is 2.18. The maximum absolute atomic E-state index is 12.3. The minimum absolute atomic E-state index is 0.119. The lowest BCUT2D eigenvalue weighted by atomic mass is 10.0. The molecule has 1 aromatic carbocycles. The Labute approximate surface area is 167 Å². The molecule has 1 fully saturated rings. The smallest absolute Gasteiger partial charge is 0.349 e. The highest BCUT2D eigenvalue weighted by atomic mass is 16.5. The van der Waals surface area contributed by atoms with E-state index in [4.69, 9.17) is 4.74 Å². The number of rotatable bonds is 6. The van der Waals surface area contributed by atoms with Crippen molar-refractivity contribution in [2.45, 2.75) is 77.4 Å². The van der Waals surface area contributed by atoms with Crippen molar-refractivity contribution in [2.75, 3.05) is 0 Å². The topological polar surface area (TPSA) is 79.2 Å². The van der Waals surface area contributed by atoms with E-state index in [0.29, 0.717) is 5.92 Å². The second kappa shape index (κ2) is 10.7. The molecule has 0 spiro atoms. The molecule has 1 amide bonds. The van der Waals surface area contributed by atoms with Crippen LogP contribution >= 0.6 is 0 Å². The maximum Gasteiger partial charge on any atom is 0.349 e. The molecule has 28 heavy (non-hydrogen) atoms. The molecule has 1 saturated carbocycles. The number of hydrogen-bond donors (Lipinski definition) is 1. The summed E-state index contributed by atoms with van der Waals surface area (Å²) in [5, 5.41) is 12.3. The van der Waals surface area contributed by atoms with Gasteiger partial charge in [-0.25, -0.2) is 4.79 Å². The largest absolute Gasteiger partial charge is 0.448 e. The number of benzene rings is 1. The molecule has 5 heteroatoms. The molecular formula is C23H30N2O3. The van der Waals surface area contributed by atoms with Gasteiger partial charge in [0, 0.05) is 6.04 Å². The standard InChI is InChI=1S/C23H30N2O3/c1-16(2)19-12-10-18(11-13-19)14-20(15-24)23(27)28-17(3)22(26)25-21-8-6-4-5-7-9-21/h10-14,16-17,21H,4-9H2,1-3H3,(H,25,26)/b20-14+/t17-/m1/s1. The average molecular weight is 383 g/mol. The van der Waals surface area contributed by atoms with Crippen molar-refractivity contribution in [3.8, 4) is 6.07 Å². The van der Waals surface area contributed by atoms with Crippen molar-refractivity contribution >= 4 is 18.0 Å². The van der Waals surface area contributed by atoms with E-state index in [2.05, 4.69) is 19.2 Å². The molecule has 1 aromatic rings. The van der Waals surface area contributed by atoms with Gasteiger partial charge in [0.2, 0.25) is 0 Å². The lowest BCUT2D eigenvalue weighted by molar-refractivity contribution is -0.151. The zero-order chi connectivity index (χ0) is 20.5. The molecule has 0 bridgehead atoms. The second-order valence-corrected chi connectivity index (χ2v) is 7.74. The first-order valence-corrected chi connectivity index (χ1v) is 10.1. The average Bonchev–Trinajstić information content (AvgIpc) is 2.94. The van der Waals surface area contributed by atoms with Gasteiger partial charge in [-0.1, -0.05) is 63.8 Å². The zero-order valence-corrected chi connectivity index (χ0v) is 17.0. The van der Waals surface area contributed by atoms with Crippen LogP contribution < -0.4 is 5.32 Å². The van der Waals surface area contributed by atoms with E-state index in [9.17, 15) is 14.9 Å². The third-order valence-corrected chi connectivity index (χ3v) is 5.11. The number of ether oxygens (including phenoxy) is 1. The van der Waals surface area contributed by atoms with E-state index in [1.54, 1.807) is 0 Å². The van der Waals surface area contributed by atoms with E-state index >= 15 is 0 Å². The van der Waals surface area contributed by atoms with Crippen molar-refractivity contribution in [3.05, 3.63) is 41.0 Å². The predicted octanol–water partition coefficient (Wildman–Crippen LogP) is 4.49. The molecule has 0 heterocycles. The summed E-state index contributed by atoms with van der Waals surface area (Å²) in [6.45, 7) is 5.74.